The zero-order chi connectivity index (χ0) is 19.1. The van der Waals surface area contributed by atoms with E-state index >= 15 is 0 Å². The SMILES string of the molecule is COC(=O)C(C)CN(C)C(=O)c1ccc(NC(=O)c2ccccc2)cc1. The summed E-state index contributed by atoms with van der Waals surface area (Å²) in [5.41, 5.74) is 1.63. The molecular weight excluding hydrogens is 332 g/mol. The number of nitrogens with one attached hydrogen (secondary N) is 1. The van der Waals surface area contributed by atoms with Crippen molar-refractivity contribution in [3.05, 3.63) is 65.7 Å². The van der Waals surface area contributed by atoms with Crippen molar-refractivity contribution >= 4 is 23.5 Å². The van der Waals surface area contributed by atoms with Gasteiger partial charge in [0, 0.05) is 30.4 Å². The van der Waals surface area contributed by atoms with E-state index < -0.39 is 5.92 Å². The molecule has 2 aromatic carbocycles. The zero-order valence-electron chi connectivity index (χ0n) is 15.1. The molecule has 0 radical (unpaired) electrons. The van der Waals surface area contributed by atoms with Crippen LogP contribution in [0, 0.1) is 5.92 Å². The normalized spacial score (nSPS) is 11.3. The summed E-state index contributed by atoms with van der Waals surface area (Å²) in [5.74, 6) is -1.18. The van der Waals surface area contributed by atoms with E-state index in [-0.39, 0.29) is 24.3 Å². The van der Waals surface area contributed by atoms with Crippen LogP contribution in [0.3, 0.4) is 0 Å². The summed E-state index contributed by atoms with van der Waals surface area (Å²) in [7, 11) is 2.95. The molecule has 136 valence electrons. The van der Waals surface area contributed by atoms with Gasteiger partial charge in [0.05, 0.1) is 13.0 Å². The summed E-state index contributed by atoms with van der Waals surface area (Å²) in [5, 5.41) is 2.78. The summed E-state index contributed by atoms with van der Waals surface area (Å²) in [6, 6.07) is 15.5. The molecule has 0 heterocycles. The van der Waals surface area contributed by atoms with Gasteiger partial charge in [-0.15, -0.1) is 0 Å². The number of benzene rings is 2. The second kappa shape index (κ2) is 8.80. The minimum Gasteiger partial charge on any atom is -0.469 e. The predicted molar refractivity (Wildman–Crippen MR) is 99.0 cm³/mol. The maximum absolute atomic E-state index is 12.4. The minimum absolute atomic E-state index is 0.207. The maximum Gasteiger partial charge on any atom is 0.310 e. The number of ether oxygens (including phenoxy) is 1. The van der Waals surface area contributed by atoms with Crippen LogP contribution in [0.5, 0.6) is 0 Å². The third-order valence-electron chi connectivity index (χ3n) is 3.92. The fraction of sp³-hybridized carbons (Fsp3) is 0.250. The number of carbonyl (C=O) groups excluding carboxylic acids is 3. The van der Waals surface area contributed by atoms with Gasteiger partial charge in [-0.05, 0) is 36.4 Å². The van der Waals surface area contributed by atoms with Gasteiger partial charge in [0.15, 0.2) is 0 Å². The van der Waals surface area contributed by atoms with Crippen molar-refractivity contribution in [1.29, 1.82) is 0 Å². The lowest BCUT2D eigenvalue weighted by atomic mass is 10.1. The van der Waals surface area contributed by atoms with Crippen molar-refractivity contribution in [2.24, 2.45) is 5.92 Å². The van der Waals surface area contributed by atoms with Crippen molar-refractivity contribution in [3.8, 4) is 0 Å². The van der Waals surface area contributed by atoms with Crippen molar-refractivity contribution in [1.82, 2.24) is 4.90 Å². The molecule has 1 atom stereocenters. The van der Waals surface area contributed by atoms with Crippen molar-refractivity contribution in [2.75, 3.05) is 26.0 Å². The molecule has 26 heavy (non-hydrogen) atoms. The van der Waals surface area contributed by atoms with Gasteiger partial charge in [-0.3, -0.25) is 14.4 Å². The first-order valence-electron chi connectivity index (χ1n) is 8.22. The number of nitrogens with zero attached hydrogens (tertiary/aromatic N) is 1. The van der Waals surface area contributed by atoms with E-state index in [1.54, 1.807) is 62.5 Å². The molecule has 6 nitrogen and oxygen atoms in total. The third-order valence-corrected chi connectivity index (χ3v) is 3.92. The summed E-state index contributed by atoms with van der Waals surface area (Å²) >= 11 is 0. The van der Waals surface area contributed by atoms with Gasteiger partial charge in [-0.25, -0.2) is 0 Å². The second-order valence-electron chi connectivity index (χ2n) is 6.01. The number of amides is 2. The lowest BCUT2D eigenvalue weighted by Crippen LogP contribution is -2.34. The van der Waals surface area contributed by atoms with Crippen LogP contribution < -0.4 is 5.32 Å². The highest BCUT2D eigenvalue weighted by molar-refractivity contribution is 6.04. The Kier molecular flexibility index (Phi) is 6.49. The largest absolute Gasteiger partial charge is 0.469 e. The van der Waals surface area contributed by atoms with Crippen molar-refractivity contribution in [3.63, 3.8) is 0 Å². The smallest absolute Gasteiger partial charge is 0.310 e. The van der Waals surface area contributed by atoms with Crippen LogP contribution in [0.25, 0.3) is 0 Å². The van der Waals surface area contributed by atoms with E-state index in [4.69, 9.17) is 0 Å². The van der Waals surface area contributed by atoms with Crippen LogP contribution in [-0.2, 0) is 9.53 Å². The first kappa shape index (κ1) is 19.2. The fourth-order valence-electron chi connectivity index (χ4n) is 2.48. The Morgan fingerprint density at radius 1 is 1.00 bits per heavy atom. The lowest BCUT2D eigenvalue weighted by Gasteiger charge is -2.20. The zero-order valence-corrected chi connectivity index (χ0v) is 15.1. The standard InChI is InChI=1S/C20H22N2O4/c1-14(20(25)26-3)13-22(2)19(24)16-9-11-17(12-10-16)21-18(23)15-7-5-4-6-8-15/h4-12,14H,13H2,1-3H3,(H,21,23). The molecule has 0 aliphatic rings. The Bertz CT molecular complexity index is 772. The molecule has 6 heteroatoms. The van der Waals surface area contributed by atoms with Gasteiger partial charge in [0.2, 0.25) is 0 Å². The van der Waals surface area contributed by atoms with Crippen molar-refractivity contribution in [2.45, 2.75) is 6.92 Å². The number of hydrogen-bond donors (Lipinski definition) is 1. The fourth-order valence-corrected chi connectivity index (χ4v) is 2.48. The van der Waals surface area contributed by atoms with Crippen LogP contribution in [-0.4, -0.2) is 43.4 Å². The number of anilines is 1. The molecular formula is C20H22N2O4. The second-order valence-corrected chi connectivity index (χ2v) is 6.01. The number of carbonyl (C=O) groups is 3. The highest BCUT2D eigenvalue weighted by Crippen LogP contribution is 2.13. The monoisotopic (exact) mass is 354 g/mol. The van der Waals surface area contributed by atoms with Gasteiger partial charge in [-0.1, -0.05) is 25.1 Å². The Morgan fingerprint density at radius 2 is 1.62 bits per heavy atom. The van der Waals surface area contributed by atoms with Crippen LogP contribution in [0.15, 0.2) is 54.6 Å². The summed E-state index contributed by atoms with van der Waals surface area (Å²) < 4.78 is 4.67. The number of rotatable bonds is 6. The van der Waals surface area contributed by atoms with E-state index in [1.165, 1.54) is 12.0 Å². The third kappa shape index (κ3) is 4.92. The number of methoxy groups -OCH3 is 1. The average Bonchev–Trinajstić information content (AvgIpc) is 2.67. The highest BCUT2D eigenvalue weighted by atomic mass is 16.5. The topological polar surface area (TPSA) is 75.7 Å². The molecule has 2 rings (SSSR count). The molecule has 1 N–H and O–H groups in total. The van der Waals surface area contributed by atoms with E-state index in [9.17, 15) is 14.4 Å². The summed E-state index contributed by atoms with van der Waals surface area (Å²) in [6.45, 7) is 1.97. The van der Waals surface area contributed by atoms with E-state index in [0.29, 0.717) is 16.8 Å². The first-order valence-corrected chi connectivity index (χ1v) is 8.22. The molecule has 2 aromatic rings. The van der Waals surface area contributed by atoms with Gasteiger partial charge in [-0.2, -0.15) is 0 Å². The summed E-state index contributed by atoms with van der Waals surface area (Å²) in [6.07, 6.45) is 0. The molecule has 0 spiro atoms. The van der Waals surface area contributed by atoms with E-state index in [0.717, 1.165) is 0 Å². The molecule has 0 aliphatic carbocycles. The quantitative estimate of drug-likeness (QED) is 0.810. The molecule has 0 saturated heterocycles. The maximum atomic E-state index is 12.4. The number of esters is 1. The van der Waals surface area contributed by atoms with Crippen LogP contribution in [0.1, 0.15) is 27.6 Å². The minimum atomic E-state index is -0.404. The lowest BCUT2D eigenvalue weighted by molar-refractivity contribution is -0.145. The average molecular weight is 354 g/mol. The molecule has 1 unspecified atom stereocenters. The van der Waals surface area contributed by atoms with Gasteiger partial charge in [0.25, 0.3) is 11.8 Å². The summed E-state index contributed by atoms with van der Waals surface area (Å²) in [4.78, 5) is 37.5. The molecule has 0 saturated carbocycles. The molecule has 0 bridgehead atoms. The van der Waals surface area contributed by atoms with Gasteiger partial charge in [0.1, 0.15) is 0 Å². The van der Waals surface area contributed by atoms with Gasteiger partial charge >= 0.3 is 5.97 Å². The Balaban J connectivity index is 1.99. The van der Waals surface area contributed by atoms with Crippen LogP contribution >= 0.6 is 0 Å². The predicted octanol–water partition coefficient (Wildman–Crippen LogP) is 2.82. The highest BCUT2D eigenvalue weighted by Gasteiger charge is 2.19. The van der Waals surface area contributed by atoms with Gasteiger partial charge < -0.3 is 15.0 Å². The Morgan fingerprint density at radius 3 is 2.19 bits per heavy atom. The Hall–Kier alpha value is -3.15. The molecule has 0 fully saturated rings. The first-order chi connectivity index (χ1) is 12.4. The van der Waals surface area contributed by atoms with E-state index in [1.807, 2.05) is 6.07 Å². The number of hydrogen-bond acceptors (Lipinski definition) is 4. The van der Waals surface area contributed by atoms with Crippen LogP contribution in [0.2, 0.25) is 0 Å². The molecule has 0 aliphatic heterocycles. The Labute approximate surface area is 152 Å². The van der Waals surface area contributed by atoms with E-state index in [2.05, 4.69) is 10.1 Å². The van der Waals surface area contributed by atoms with Crippen LogP contribution in [0.4, 0.5) is 5.69 Å². The molecule has 0 aromatic heterocycles. The van der Waals surface area contributed by atoms with Crippen molar-refractivity contribution < 1.29 is 19.1 Å². The molecule has 2 amide bonds.